The van der Waals surface area contributed by atoms with Crippen molar-refractivity contribution < 1.29 is 9.90 Å². The van der Waals surface area contributed by atoms with Gasteiger partial charge in [-0.1, -0.05) is 5.57 Å². The maximum absolute atomic E-state index is 10.5. The van der Waals surface area contributed by atoms with Crippen LogP contribution in [0.4, 0.5) is 0 Å². The average molecular weight is 241 g/mol. The van der Waals surface area contributed by atoms with Gasteiger partial charge in [-0.2, -0.15) is 0 Å². The number of hydrogen-bond donors (Lipinski definition) is 2. The summed E-state index contributed by atoms with van der Waals surface area (Å²) in [7, 11) is 4.27. The van der Waals surface area contributed by atoms with E-state index in [4.69, 9.17) is 5.11 Å². The standard InChI is InChI=1S/C12H23N3O2/c1-10(6-12(16)17)7-13-8-11-9-14(2)4-5-15(11)3/h6,11,13H,4-5,7-9H2,1-3H3,(H,16,17). The van der Waals surface area contributed by atoms with Crippen molar-refractivity contribution in [3.05, 3.63) is 11.6 Å². The second-order valence-electron chi connectivity index (χ2n) is 4.86. The molecule has 1 aliphatic rings. The van der Waals surface area contributed by atoms with Crippen molar-refractivity contribution in [2.24, 2.45) is 0 Å². The summed E-state index contributed by atoms with van der Waals surface area (Å²) >= 11 is 0. The zero-order chi connectivity index (χ0) is 12.8. The third-order valence-electron chi connectivity index (χ3n) is 3.13. The van der Waals surface area contributed by atoms with E-state index in [1.807, 2.05) is 6.92 Å². The van der Waals surface area contributed by atoms with E-state index in [-0.39, 0.29) is 0 Å². The van der Waals surface area contributed by atoms with E-state index in [1.54, 1.807) is 0 Å². The number of piperazine rings is 1. The molecule has 1 rings (SSSR count). The van der Waals surface area contributed by atoms with Gasteiger partial charge in [-0.25, -0.2) is 4.79 Å². The minimum absolute atomic E-state index is 0.506. The van der Waals surface area contributed by atoms with Crippen molar-refractivity contribution in [1.29, 1.82) is 0 Å². The van der Waals surface area contributed by atoms with Crippen LogP contribution >= 0.6 is 0 Å². The Hall–Kier alpha value is -0.910. The van der Waals surface area contributed by atoms with Gasteiger partial charge in [0.2, 0.25) is 0 Å². The number of hydrogen-bond acceptors (Lipinski definition) is 4. The van der Waals surface area contributed by atoms with E-state index < -0.39 is 5.97 Å². The molecule has 1 unspecified atom stereocenters. The highest BCUT2D eigenvalue weighted by molar-refractivity contribution is 5.80. The largest absolute Gasteiger partial charge is 0.478 e. The van der Waals surface area contributed by atoms with Crippen LogP contribution in [-0.2, 0) is 4.79 Å². The van der Waals surface area contributed by atoms with E-state index in [1.165, 1.54) is 6.08 Å². The molecule has 1 aliphatic heterocycles. The Morgan fingerprint density at radius 2 is 2.18 bits per heavy atom. The molecule has 5 heteroatoms. The van der Waals surface area contributed by atoms with Crippen molar-refractivity contribution in [1.82, 2.24) is 15.1 Å². The maximum Gasteiger partial charge on any atom is 0.328 e. The number of rotatable bonds is 5. The maximum atomic E-state index is 10.5. The highest BCUT2D eigenvalue weighted by Gasteiger charge is 2.21. The lowest BCUT2D eigenvalue weighted by atomic mass is 10.2. The number of nitrogens with zero attached hydrogens (tertiary/aromatic N) is 2. The number of carboxylic acid groups (broad SMARTS) is 1. The molecule has 5 nitrogen and oxygen atoms in total. The van der Waals surface area contributed by atoms with Crippen LogP contribution < -0.4 is 5.32 Å². The van der Waals surface area contributed by atoms with E-state index in [2.05, 4.69) is 29.2 Å². The lowest BCUT2D eigenvalue weighted by molar-refractivity contribution is -0.131. The van der Waals surface area contributed by atoms with Crippen LogP contribution in [0.25, 0.3) is 0 Å². The third kappa shape index (κ3) is 5.30. The summed E-state index contributed by atoms with van der Waals surface area (Å²) in [5.74, 6) is -0.876. The summed E-state index contributed by atoms with van der Waals surface area (Å²) in [6, 6.07) is 0.506. The van der Waals surface area contributed by atoms with Crippen LogP contribution in [0.1, 0.15) is 6.92 Å². The summed E-state index contributed by atoms with van der Waals surface area (Å²) in [4.78, 5) is 15.1. The highest BCUT2D eigenvalue weighted by atomic mass is 16.4. The van der Waals surface area contributed by atoms with Gasteiger partial charge >= 0.3 is 5.97 Å². The van der Waals surface area contributed by atoms with Crippen LogP contribution in [0.2, 0.25) is 0 Å². The molecule has 0 aromatic heterocycles. The van der Waals surface area contributed by atoms with E-state index in [9.17, 15) is 4.79 Å². The summed E-state index contributed by atoms with van der Waals surface area (Å²) in [6.07, 6.45) is 1.25. The van der Waals surface area contributed by atoms with Gasteiger partial charge < -0.3 is 15.3 Å². The van der Waals surface area contributed by atoms with Crippen LogP contribution in [-0.4, -0.2) is 73.7 Å². The Bertz CT molecular complexity index is 291. The van der Waals surface area contributed by atoms with Gasteiger partial charge in [0.05, 0.1) is 0 Å². The monoisotopic (exact) mass is 241 g/mol. The van der Waals surface area contributed by atoms with Gasteiger partial charge in [-0.05, 0) is 21.0 Å². The molecular weight excluding hydrogens is 218 g/mol. The van der Waals surface area contributed by atoms with Crippen LogP contribution in [0.15, 0.2) is 11.6 Å². The third-order valence-corrected chi connectivity index (χ3v) is 3.13. The molecule has 0 saturated carbocycles. The Labute approximate surface area is 103 Å². The predicted molar refractivity (Wildman–Crippen MR) is 68.2 cm³/mol. The normalized spacial score (nSPS) is 23.9. The minimum atomic E-state index is -0.876. The quantitative estimate of drug-likeness (QED) is 0.656. The Balaban J connectivity index is 2.28. The molecule has 1 atom stereocenters. The minimum Gasteiger partial charge on any atom is -0.478 e. The fraction of sp³-hybridized carbons (Fsp3) is 0.750. The highest BCUT2D eigenvalue weighted by Crippen LogP contribution is 2.04. The SMILES string of the molecule is CC(=CC(=O)O)CNCC1CN(C)CCN1C. The Morgan fingerprint density at radius 3 is 2.82 bits per heavy atom. The van der Waals surface area contributed by atoms with Gasteiger partial charge in [-0.3, -0.25) is 4.90 Å². The molecule has 1 heterocycles. The first-order valence-corrected chi connectivity index (χ1v) is 5.98. The molecule has 0 bridgehead atoms. The molecular formula is C12H23N3O2. The van der Waals surface area contributed by atoms with Gasteiger partial charge in [-0.15, -0.1) is 0 Å². The number of nitrogens with one attached hydrogen (secondary N) is 1. The summed E-state index contributed by atoms with van der Waals surface area (Å²) < 4.78 is 0. The van der Waals surface area contributed by atoms with Crippen LogP contribution in [0, 0.1) is 0 Å². The first kappa shape index (κ1) is 14.2. The fourth-order valence-electron chi connectivity index (χ4n) is 2.02. The zero-order valence-corrected chi connectivity index (χ0v) is 10.9. The van der Waals surface area contributed by atoms with E-state index in [0.717, 1.165) is 31.8 Å². The molecule has 17 heavy (non-hydrogen) atoms. The fourth-order valence-corrected chi connectivity index (χ4v) is 2.02. The van der Waals surface area contributed by atoms with E-state index in [0.29, 0.717) is 12.6 Å². The molecule has 0 spiro atoms. The molecule has 2 N–H and O–H groups in total. The van der Waals surface area contributed by atoms with Gasteiger partial charge in [0.1, 0.15) is 0 Å². The number of carbonyl (C=O) groups is 1. The van der Waals surface area contributed by atoms with Crippen molar-refractivity contribution in [2.45, 2.75) is 13.0 Å². The molecule has 0 aromatic rings. The second-order valence-corrected chi connectivity index (χ2v) is 4.86. The summed E-state index contributed by atoms with van der Waals surface area (Å²) in [5, 5.41) is 11.9. The first-order chi connectivity index (χ1) is 7.99. The molecule has 0 aromatic carbocycles. The molecule has 0 radical (unpaired) electrons. The van der Waals surface area contributed by atoms with Crippen molar-refractivity contribution in [3.63, 3.8) is 0 Å². The second kappa shape index (κ2) is 6.74. The Morgan fingerprint density at radius 1 is 1.47 bits per heavy atom. The van der Waals surface area contributed by atoms with Crippen molar-refractivity contribution in [2.75, 3.05) is 46.8 Å². The van der Waals surface area contributed by atoms with E-state index >= 15 is 0 Å². The number of carboxylic acids is 1. The van der Waals surface area contributed by atoms with Crippen LogP contribution in [0.5, 0.6) is 0 Å². The topological polar surface area (TPSA) is 55.8 Å². The first-order valence-electron chi connectivity index (χ1n) is 5.98. The van der Waals surface area contributed by atoms with Gasteiger partial charge in [0.25, 0.3) is 0 Å². The summed E-state index contributed by atoms with van der Waals surface area (Å²) in [6.45, 7) is 6.63. The lowest BCUT2D eigenvalue weighted by Crippen LogP contribution is -2.53. The van der Waals surface area contributed by atoms with Gasteiger partial charge in [0.15, 0.2) is 0 Å². The van der Waals surface area contributed by atoms with Crippen molar-refractivity contribution >= 4 is 5.97 Å². The molecule has 98 valence electrons. The molecule has 1 fully saturated rings. The van der Waals surface area contributed by atoms with Crippen molar-refractivity contribution in [3.8, 4) is 0 Å². The number of likely N-dealkylation sites (N-methyl/N-ethyl adjacent to an activating group) is 2. The van der Waals surface area contributed by atoms with Gasteiger partial charge in [0, 0.05) is 44.8 Å². The smallest absolute Gasteiger partial charge is 0.328 e. The Kier molecular flexibility index (Phi) is 5.61. The predicted octanol–water partition coefficient (Wildman–Crippen LogP) is -0.147. The molecule has 0 aliphatic carbocycles. The number of aliphatic carboxylic acids is 1. The average Bonchev–Trinajstić information content (AvgIpc) is 2.22. The molecule has 0 amide bonds. The molecule has 1 saturated heterocycles. The van der Waals surface area contributed by atoms with Crippen LogP contribution in [0.3, 0.4) is 0 Å². The zero-order valence-electron chi connectivity index (χ0n) is 10.9. The lowest BCUT2D eigenvalue weighted by Gasteiger charge is -2.37. The summed E-state index contributed by atoms with van der Waals surface area (Å²) in [5.41, 5.74) is 0.851.